The quantitative estimate of drug-likeness (QED) is 0.445. The molecule has 0 atom stereocenters. The number of nitrogens with zero attached hydrogens (tertiary/aromatic N) is 2. The maximum Gasteiger partial charge on any atom is 0.311 e. The molecule has 3 rings (SSSR count). The van der Waals surface area contributed by atoms with E-state index in [1.165, 1.54) is 17.0 Å². The molecule has 0 aliphatic heterocycles. The summed E-state index contributed by atoms with van der Waals surface area (Å²) in [6.07, 6.45) is 0. The highest BCUT2D eigenvalue weighted by Gasteiger charge is 2.17. The van der Waals surface area contributed by atoms with Crippen molar-refractivity contribution in [1.29, 1.82) is 0 Å². The lowest BCUT2D eigenvalue weighted by molar-refractivity contribution is -0.385. The SMILES string of the molecule is COc1ccc2cc(CN(C)C(=O)COc3ccc(C)cc3[N+](=O)[O-])ccc2c1. The molecular weight excluding hydrogens is 372 g/mol. The van der Waals surface area contributed by atoms with Crippen LogP contribution in [-0.4, -0.2) is 36.5 Å². The molecule has 3 aromatic rings. The number of ether oxygens (including phenoxy) is 2. The van der Waals surface area contributed by atoms with Crippen molar-refractivity contribution in [2.75, 3.05) is 20.8 Å². The topological polar surface area (TPSA) is 81.9 Å². The van der Waals surface area contributed by atoms with Crippen molar-refractivity contribution in [3.8, 4) is 11.5 Å². The minimum Gasteiger partial charge on any atom is -0.497 e. The third-order valence-corrected chi connectivity index (χ3v) is 4.62. The Morgan fingerprint density at radius 3 is 2.52 bits per heavy atom. The van der Waals surface area contributed by atoms with E-state index in [-0.39, 0.29) is 24.0 Å². The summed E-state index contributed by atoms with van der Waals surface area (Å²) in [5.41, 5.74) is 1.58. The standard InChI is InChI=1S/C22H22N2O5/c1-15-4-9-21(20(10-15)24(26)27)29-14-22(25)23(2)13-16-5-6-18-12-19(28-3)8-7-17(18)11-16/h4-12H,13-14H2,1-3H3. The van der Waals surface area contributed by atoms with Crippen molar-refractivity contribution >= 4 is 22.4 Å². The Morgan fingerprint density at radius 2 is 1.79 bits per heavy atom. The summed E-state index contributed by atoms with van der Waals surface area (Å²) in [5, 5.41) is 13.3. The average molecular weight is 394 g/mol. The van der Waals surface area contributed by atoms with Gasteiger partial charge in [0, 0.05) is 19.7 Å². The number of aryl methyl sites for hydroxylation is 1. The number of methoxy groups -OCH3 is 1. The van der Waals surface area contributed by atoms with E-state index < -0.39 is 4.92 Å². The van der Waals surface area contributed by atoms with Crippen molar-refractivity contribution in [3.63, 3.8) is 0 Å². The molecule has 3 aromatic carbocycles. The molecule has 29 heavy (non-hydrogen) atoms. The maximum absolute atomic E-state index is 12.4. The molecule has 0 radical (unpaired) electrons. The van der Waals surface area contributed by atoms with Crippen LogP contribution in [0.5, 0.6) is 11.5 Å². The molecule has 0 aromatic heterocycles. The van der Waals surface area contributed by atoms with Crippen LogP contribution in [0.25, 0.3) is 10.8 Å². The Morgan fingerprint density at radius 1 is 1.07 bits per heavy atom. The summed E-state index contributed by atoms with van der Waals surface area (Å²) in [4.78, 5) is 24.6. The molecule has 0 fully saturated rings. The highest BCUT2D eigenvalue weighted by Crippen LogP contribution is 2.28. The number of carbonyl (C=O) groups is 1. The Balaban J connectivity index is 1.65. The predicted octanol–water partition coefficient (Wildman–Crippen LogP) is 4.10. The lowest BCUT2D eigenvalue weighted by Gasteiger charge is -2.18. The van der Waals surface area contributed by atoms with Crippen LogP contribution in [0, 0.1) is 17.0 Å². The highest BCUT2D eigenvalue weighted by atomic mass is 16.6. The average Bonchev–Trinajstić information content (AvgIpc) is 2.71. The first-order valence-corrected chi connectivity index (χ1v) is 9.06. The molecule has 0 aliphatic carbocycles. The summed E-state index contributed by atoms with van der Waals surface area (Å²) < 4.78 is 10.7. The molecule has 0 saturated heterocycles. The van der Waals surface area contributed by atoms with Gasteiger partial charge in [-0.1, -0.05) is 24.3 Å². The second-order valence-electron chi connectivity index (χ2n) is 6.81. The second kappa shape index (κ2) is 8.60. The van der Waals surface area contributed by atoms with Crippen molar-refractivity contribution < 1.29 is 19.2 Å². The first-order valence-electron chi connectivity index (χ1n) is 9.06. The fourth-order valence-electron chi connectivity index (χ4n) is 3.00. The van der Waals surface area contributed by atoms with Gasteiger partial charge in [-0.2, -0.15) is 0 Å². The Labute approximate surface area is 168 Å². The van der Waals surface area contributed by atoms with Gasteiger partial charge in [0.25, 0.3) is 5.91 Å². The molecule has 0 N–H and O–H groups in total. The zero-order chi connectivity index (χ0) is 21.0. The van der Waals surface area contributed by atoms with Crippen molar-refractivity contribution in [2.45, 2.75) is 13.5 Å². The molecule has 0 unspecified atom stereocenters. The van der Waals surface area contributed by atoms with Gasteiger partial charge in [0.15, 0.2) is 12.4 Å². The number of rotatable bonds is 7. The van der Waals surface area contributed by atoms with E-state index in [2.05, 4.69) is 0 Å². The number of fused-ring (bicyclic) bond motifs is 1. The number of amides is 1. The van der Waals surface area contributed by atoms with E-state index in [1.54, 1.807) is 27.1 Å². The fourth-order valence-corrected chi connectivity index (χ4v) is 3.00. The van der Waals surface area contributed by atoms with Gasteiger partial charge in [0.05, 0.1) is 12.0 Å². The summed E-state index contributed by atoms with van der Waals surface area (Å²) >= 11 is 0. The first-order chi connectivity index (χ1) is 13.9. The minimum atomic E-state index is -0.513. The summed E-state index contributed by atoms with van der Waals surface area (Å²) in [5.74, 6) is 0.608. The number of nitro benzene ring substituents is 1. The van der Waals surface area contributed by atoms with E-state index in [9.17, 15) is 14.9 Å². The van der Waals surface area contributed by atoms with Gasteiger partial charge < -0.3 is 14.4 Å². The van der Waals surface area contributed by atoms with Crippen LogP contribution < -0.4 is 9.47 Å². The zero-order valence-corrected chi connectivity index (χ0v) is 16.5. The molecule has 0 saturated carbocycles. The second-order valence-corrected chi connectivity index (χ2v) is 6.81. The van der Waals surface area contributed by atoms with E-state index in [0.717, 1.165) is 27.6 Å². The predicted molar refractivity (Wildman–Crippen MR) is 110 cm³/mol. The third-order valence-electron chi connectivity index (χ3n) is 4.62. The van der Waals surface area contributed by atoms with Crippen LogP contribution in [0.4, 0.5) is 5.69 Å². The van der Waals surface area contributed by atoms with Crippen LogP contribution in [0.1, 0.15) is 11.1 Å². The number of nitro groups is 1. The van der Waals surface area contributed by atoms with Gasteiger partial charge in [-0.3, -0.25) is 14.9 Å². The largest absolute Gasteiger partial charge is 0.497 e. The normalized spacial score (nSPS) is 10.6. The molecule has 150 valence electrons. The Kier molecular flexibility index (Phi) is 5.97. The van der Waals surface area contributed by atoms with Gasteiger partial charge >= 0.3 is 5.69 Å². The van der Waals surface area contributed by atoms with Gasteiger partial charge in [-0.05, 0) is 53.1 Å². The molecule has 0 heterocycles. The lowest BCUT2D eigenvalue weighted by Crippen LogP contribution is -2.31. The van der Waals surface area contributed by atoms with E-state index in [1.807, 2.05) is 36.4 Å². The summed E-state index contributed by atoms with van der Waals surface area (Å²) in [6, 6.07) is 16.4. The Bertz CT molecular complexity index is 1060. The van der Waals surface area contributed by atoms with Gasteiger partial charge in [0.2, 0.25) is 0 Å². The number of hydrogen-bond donors (Lipinski definition) is 0. The van der Waals surface area contributed by atoms with E-state index in [4.69, 9.17) is 9.47 Å². The van der Waals surface area contributed by atoms with Gasteiger partial charge in [-0.15, -0.1) is 0 Å². The smallest absolute Gasteiger partial charge is 0.311 e. The molecule has 7 heteroatoms. The molecule has 0 aliphatic rings. The molecule has 1 amide bonds. The minimum absolute atomic E-state index is 0.0852. The molecule has 7 nitrogen and oxygen atoms in total. The van der Waals surface area contributed by atoms with Gasteiger partial charge in [0.1, 0.15) is 5.75 Å². The number of carbonyl (C=O) groups excluding carboxylic acids is 1. The van der Waals surface area contributed by atoms with Crippen LogP contribution >= 0.6 is 0 Å². The molecule has 0 bridgehead atoms. The fraction of sp³-hybridized carbons (Fsp3) is 0.227. The highest BCUT2D eigenvalue weighted by molar-refractivity contribution is 5.84. The van der Waals surface area contributed by atoms with Crippen molar-refractivity contribution in [2.24, 2.45) is 0 Å². The molecular formula is C22H22N2O5. The van der Waals surface area contributed by atoms with E-state index in [0.29, 0.717) is 6.54 Å². The summed E-state index contributed by atoms with van der Waals surface area (Å²) in [7, 11) is 3.30. The lowest BCUT2D eigenvalue weighted by atomic mass is 10.1. The number of hydrogen-bond acceptors (Lipinski definition) is 5. The maximum atomic E-state index is 12.4. The van der Waals surface area contributed by atoms with Crippen molar-refractivity contribution in [1.82, 2.24) is 4.90 Å². The van der Waals surface area contributed by atoms with E-state index >= 15 is 0 Å². The summed E-state index contributed by atoms with van der Waals surface area (Å²) in [6.45, 7) is 1.89. The van der Waals surface area contributed by atoms with Gasteiger partial charge in [-0.25, -0.2) is 0 Å². The van der Waals surface area contributed by atoms with Crippen LogP contribution in [0.3, 0.4) is 0 Å². The number of likely N-dealkylation sites (N-methyl/N-ethyl adjacent to an activating group) is 1. The van der Waals surface area contributed by atoms with Crippen LogP contribution in [0.15, 0.2) is 54.6 Å². The zero-order valence-electron chi connectivity index (χ0n) is 16.5. The van der Waals surface area contributed by atoms with Crippen LogP contribution in [-0.2, 0) is 11.3 Å². The molecule has 0 spiro atoms. The van der Waals surface area contributed by atoms with Crippen LogP contribution in [0.2, 0.25) is 0 Å². The third kappa shape index (κ3) is 4.82. The Hall–Kier alpha value is -3.61. The number of benzene rings is 3. The first kappa shape index (κ1) is 20.1. The van der Waals surface area contributed by atoms with Crippen molar-refractivity contribution in [3.05, 3.63) is 75.8 Å². The monoisotopic (exact) mass is 394 g/mol.